The van der Waals surface area contributed by atoms with Crippen molar-refractivity contribution in [2.45, 2.75) is 83.1 Å². The van der Waals surface area contributed by atoms with E-state index in [1.807, 2.05) is 91.0 Å². The van der Waals surface area contributed by atoms with Crippen molar-refractivity contribution in [2.24, 2.45) is 0 Å². The quantitative estimate of drug-likeness (QED) is 0.263. The van der Waals surface area contributed by atoms with Crippen molar-refractivity contribution >= 4 is 5.97 Å². The largest absolute Gasteiger partial charge is 0.463 e. The number of unbranched alkanes of at least 4 members (excludes halogenated alkanes) is 1. The van der Waals surface area contributed by atoms with Crippen molar-refractivity contribution in [1.29, 1.82) is 0 Å². The van der Waals surface area contributed by atoms with Gasteiger partial charge < -0.3 is 28.8 Å². The van der Waals surface area contributed by atoms with Crippen molar-refractivity contribution in [3.05, 3.63) is 108 Å². The molecule has 0 aliphatic carbocycles. The third-order valence-corrected chi connectivity index (χ3v) is 6.97. The summed E-state index contributed by atoms with van der Waals surface area (Å²) in [5, 5.41) is 12.0. The zero-order valence-corrected chi connectivity index (χ0v) is 23.3. The topological polar surface area (TPSA) is 83.5 Å². The van der Waals surface area contributed by atoms with Crippen LogP contribution < -0.4 is 0 Å². The van der Waals surface area contributed by atoms with E-state index in [1.54, 1.807) is 0 Å². The number of aliphatic hydroxyl groups is 1. The van der Waals surface area contributed by atoms with Gasteiger partial charge in [-0.05, 0) is 23.1 Å². The van der Waals surface area contributed by atoms with Crippen LogP contribution >= 0.6 is 0 Å². The van der Waals surface area contributed by atoms with Crippen LogP contribution in [0.25, 0.3) is 0 Å². The van der Waals surface area contributed by atoms with E-state index in [0.717, 1.165) is 23.1 Å². The summed E-state index contributed by atoms with van der Waals surface area (Å²) < 4.78 is 31.2. The van der Waals surface area contributed by atoms with E-state index in [1.165, 1.54) is 6.92 Å². The van der Waals surface area contributed by atoms with Crippen molar-refractivity contribution in [3.8, 4) is 0 Å². The summed E-state index contributed by atoms with van der Waals surface area (Å²) in [7, 11) is 0. The first-order chi connectivity index (χ1) is 19.5. The lowest BCUT2D eigenvalue weighted by Gasteiger charge is -2.50. The number of esters is 1. The second kappa shape index (κ2) is 15.1. The number of ether oxygens (including phenoxy) is 5. The van der Waals surface area contributed by atoms with E-state index in [4.69, 9.17) is 23.7 Å². The predicted molar refractivity (Wildman–Crippen MR) is 151 cm³/mol. The van der Waals surface area contributed by atoms with Crippen LogP contribution in [0.5, 0.6) is 0 Å². The smallest absolute Gasteiger partial charge is 0.302 e. The molecule has 0 unspecified atom stereocenters. The van der Waals surface area contributed by atoms with Gasteiger partial charge in [0.25, 0.3) is 0 Å². The molecule has 1 aliphatic heterocycles. The summed E-state index contributed by atoms with van der Waals surface area (Å²) in [5.41, 5.74) is 2.92. The van der Waals surface area contributed by atoms with E-state index in [-0.39, 0.29) is 26.4 Å². The molecule has 0 amide bonds. The molecule has 3 aromatic carbocycles. The number of carbonyl (C=O) groups excluding carboxylic acids is 1. The van der Waals surface area contributed by atoms with Crippen LogP contribution in [0.15, 0.2) is 91.0 Å². The van der Waals surface area contributed by atoms with Gasteiger partial charge in [-0.1, -0.05) is 104 Å². The average molecular weight is 549 g/mol. The van der Waals surface area contributed by atoms with E-state index in [0.29, 0.717) is 12.8 Å². The lowest BCUT2D eigenvalue weighted by molar-refractivity contribution is -0.371. The third kappa shape index (κ3) is 8.46. The Morgan fingerprint density at radius 2 is 1.25 bits per heavy atom. The molecule has 7 heteroatoms. The highest BCUT2D eigenvalue weighted by atomic mass is 16.7. The maximum Gasteiger partial charge on any atom is 0.302 e. The molecule has 1 saturated heterocycles. The zero-order chi connectivity index (χ0) is 28.2. The number of hydrogen-bond acceptors (Lipinski definition) is 7. The third-order valence-electron chi connectivity index (χ3n) is 6.97. The van der Waals surface area contributed by atoms with Gasteiger partial charge >= 0.3 is 5.97 Å². The van der Waals surface area contributed by atoms with E-state index in [9.17, 15) is 9.90 Å². The lowest BCUT2D eigenvalue weighted by atomic mass is 9.88. The Morgan fingerprint density at radius 3 is 1.73 bits per heavy atom. The fourth-order valence-electron chi connectivity index (χ4n) is 4.90. The second-order valence-corrected chi connectivity index (χ2v) is 10.1. The number of rotatable bonds is 14. The number of hydrogen-bond donors (Lipinski definition) is 1. The monoisotopic (exact) mass is 548 g/mol. The molecule has 1 fully saturated rings. The van der Waals surface area contributed by atoms with E-state index >= 15 is 0 Å². The molecule has 0 aromatic heterocycles. The van der Waals surface area contributed by atoms with Crippen molar-refractivity contribution in [2.75, 3.05) is 6.61 Å². The van der Waals surface area contributed by atoms with Crippen LogP contribution in [0.3, 0.4) is 0 Å². The van der Waals surface area contributed by atoms with Crippen LogP contribution in [0.4, 0.5) is 0 Å². The van der Waals surface area contributed by atoms with Gasteiger partial charge in [-0.15, -0.1) is 0 Å². The first-order valence-corrected chi connectivity index (χ1v) is 14.0. The summed E-state index contributed by atoms with van der Waals surface area (Å²) in [6.45, 7) is 4.15. The normalized spacial score (nSPS) is 24.5. The first kappa shape index (κ1) is 29.9. The van der Waals surface area contributed by atoms with Gasteiger partial charge in [-0.25, -0.2) is 0 Å². The van der Waals surface area contributed by atoms with Crippen molar-refractivity contribution < 1.29 is 33.6 Å². The molecule has 1 aliphatic rings. The van der Waals surface area contributed by atoms with Crippen LogP contribution in [-0.2, 0) is 48.3 Å². The molecule has 214 valence electrons. The maximum atomic E-state index is 12.0. The Hall–Kier alpha value is -3.07. The Kier molecular flexibility index (Phi) is 11.3. The molecule has 0 bridgehead atoms. The predicted octanol–water partition coefficient (Wildman–Crippen LogP) is 5.58. The van der Waals surface area contributed by atoms with Gasteiger partial charge in [0.15, 0.2) is 5.79 Å². The Labute approximate surface area is 237 Å². The van der Waals surface area contributed by atoms with Crippen LogP contribution in [0.1, 0.15) is 49.8 Å². The molecule has 5 atom stereocenters. The number of carbonyl (C=O) groups is 1. The lowest BCUT2D eigenvalue weighted by Crippen LogP contribution is -2.67. The van der Waals surface area contributed by atoms with E-state index in [2.05, 4.69) is 6.92 Å². The molecule has 0 spiro atoms. The van der Waals surface area contributed by atoms with Crippen LogP contribution in [0.2, 0.25) is 0 Å². The highest BCUT2D eigenvalue weighted by Gasteiger charge is 2.56. The van der Waals surface area contributed by atoms with Gasteiger partial charge in [0.05, 0.1) is 19.8 Å². The summed E-state index contributed by atoms with van der Waals surface area (Å²) in [5.74, 6) is -2.12. The molecule has 7 nitrogen and oxygen atoms in total. The Morgan fingerprint density at radius 1 is 0.775 bits per heavy atom. The van der Waals surface area contributed by atoms with Crippen molar-refractivity contribution in [1.82, 2.24) is 0 Å². The SMILES string of the molecule is CCCC[C@]1(O)O[C@H](COC(C)=O)[C@@H](OCc2ccccc2)[C@H](OCc2ccccc2)[C@H]1OCc1ccccc1. The van der Waals surface area contributed by atoms with Crippen LogP contribution in [-0.4, -0.2) is 47.9 Å². The van der Waals surface area contributed by atoms with Gasteiger partial charge in [0.2, 0.25) is 0 Å². The fraction of sp³-hybridized carbons (Fsp3) is 0.424. The molecular formula is C33H40O7. The molecule has 40 heavy (non-hydrogen) atoms. The second-order valence-electron chi connectivity index (χ2n) is 10.1. The average Bonchev–Trinajstić information content (AvgIpc) is 2.98. The minimum absolute atomic E-state index is 0.0835. The summed E-state index contributed by atoms with van der Waals surface area (Å²) in [6.07, 6.45) is -1.15. The van der Waals surface area contributed by atoms with Gasteiger partial charge in [0, 0.05) is 13.3 Å². The van der Waals surface area contributed by atoms with Gasteiger partial charge in [-0.2, -0.15) is 0 Å². The highest BCUT2D eigenvalue weighted by molar-refractivity contribution is 5.65. The van der Waals surface area contributed by atoms with E-state index < -0.39 is 36.2 Å². The fourth-order valence-corrected chi connectivity index (χ4v) is 4.90. The minimum atomic E-state index is -1.68. The summed E-state index contributed by atoms with van der Waals surface area (Å²) >= 11 is 0. The zero-order valence-electron chi connectivity index (χ0n) is 23.3. The van der Waals surface area contributed by atoms with Gasteiger partial charge in [0.1, 0.15) is 31.0 Å². The van der Waals surface area contributed by atoms with Crippen LogP contribution in [0, 0.1) is 0 Å². The first-order valence-electron chi connectivity index (χ1n) is 14.0. The summed E-state index contributed by atoms with van der Waals surface area (Å²) in [6, 6.07) is 29.4. The standard InChI is InChI=1S/C33H40O7/c1-3-4-20-33(35)32(39-23-28-18-12-7-13-19-28)31(38-22-27-16-10-6-11-17-27)30(29(40-33)24-36-25(2)34)37-21-26-14-8-5-9-15-26/h5-19,29-32,35H,3-4,20-24H2,1-2H3/t29-,30-,31+,32-,33+/m1/s1. The Bertz CT molecular complexity index is 1140. The Balaban J connectivity index is 1.67. The molecule has 1 heterocycles. The van der Waals surface area contributed by atoms with Gasteiger partial charge in [-0.3, -0.25) is 4.79 Å². The molecule has 0 radical (unpaired) electrons. The molecule has 4 rings (SSSR count). The van der Waals surface area contributed by atoms with Crippen molar-refractivity contribution in [3.63, 3.8) is 0 Å². The highest BCUT2D eigenvalue weighted by Crippen LogP contribution is 2.38. The molecule has 0 saturated carbocycles. The summed E-state index contributed by atoms with van der Waals surface area (Å²) in [4.78, 5) is 11.8. The molecular weight excluding hydrogens is 508 g/mol. The molecule has 1 N–H and O–H groups in total. The molecule has 3 aromatic rings. The minimum Gasteiger partial charge on any atom is -0.463 e. The number of benzene rings is 3. The maximum absolute atomic E-state index is 12.0.